The maximum absolute atomic E-state index is 14.6. The molecule has 38 heavy (non-hydrogen) atoms. The number of halogens is 3. The molecule has 9 heteroatoms. The molecule has 1 N–H and O–H groups in total. The summed E-state index contributed by atoms with van der Waals surface area (Å²) >= 11 is 3.87. The lowest BCUT2D eigenvalue weighted by atomic mass is 9.52. The molecule has 3 aliphatic rings. The molecular formula is C29H26BrF2N3O3. The predicted molar refractivity (Wildman–Crippen MR) is 143 cm³/mol. The van der Waals surface area contributed by atoms with Crippen molar-refractivity contribution in [2.45, 2.75) is 38.0 Å². The van der Waals surface area contributed by atoms with Crippen molar-refractivity contribution in [3.05, 3.63) is 63.9 Å². The van der Waals surface area contributed by atoms with Crippen molar-refractivity contribution in [1.29, 1.82) is 0 Å². The second-order valence-corrected chi connectivity index (χ2v) is 11.6. The number of esters is 1. The van der Waals surface area contributed by atoms with Crippen LogP contribution in [0.5, 0.6) is 0 Å². The third-order valence-electron chi connectivity index (χ3n) is 8.60. The predicted octanol–water partition coefficient (Wildman–Crippen LogP) is 6.80. The highest BCUT2D eigenvalue weighted by Gasteiger charge is 2.52. The number of ether oxygens (including phenoxy) is 2. The average Bonchev–Trinajstić information content (AvgIpc) is 3.48. The number of hydrogen-bond donors (Lipinski definition) is 1. The highest BCUT2D eigenvalue weighted by molar-refractivity contribution is 9.10. The standard InChI is InChI=1S/C29H26BrF2N3O3/c1-37-28(36)18-12-29(13-18)10-17(11-29)23-24-22(8-16-14-33-34-26(16)25(24)30)35(19-2-3-20(31)21(32)9-19)27(23)15-4-6-38-7-5-15/h2-3,8-10,14-15,18H,4-7,11-13H2,1H3,(H,33,34). The van der Waals surface area contributed by atoms with Gasteiger partial charge in [-0.05, 0) is 77.2 Å². The minimum Gasteiger partial charge on any atom is -0.469 e. The first-order chi connectivity index (χ1) is 18.4. The number of nitrogens with one attached hydrogen (secondary N) is 1. The number of fused-ring (bicyclic) bond motifs is 2. The van der Waals surface area contributed by atoms with E-state index in [1.807, 2.05) is 0 Å². The molecule has 1 spiro atoms. The minimum atomic E-state index is -0.877. The van der Waals surface area contributed by atoms with Crippen LogP contribution in [0.2, 0.25) is 0 Å². The van der Waals surface area contributed by atoms with E-state index in [0.29, 0.717) is 18.9 Å². The van der Waals surface area contributed by atoms with Gasteiger partial charge in [-0.25, -0.2) is 8.78 Å². The summed E-state index contributed by atoms with van der Waals surface area (Å²) in [5.41, 5.74) is 5.86. The molecule has 1 aliphatic heterocycles. The van der Waals surface area contributed by atoms with Crippen molar-refractivity contribution < 1.29 is 23.0 Å². The Morgan fingerprint density at radius 1 is 1.21 bits per heavy atom. The van der Waals surface area contributed by atoms with E-state index < -0.39 is 11.6 Å². The van der Waals surface area contributed by atoms with Gasteiger partial charge >= 0.3 is 5.97 Å². The van der Waals surface area contributed by atoms with Gasteiger partial charge in [0.2, 0.25) is 0 Å². The zero-order valence-corrected chi connectivity index (χ0v) is 22.4. The fourth-order valence-corrected chi connectivity index (χ4v) is 7.52. The molecule has 6 nitrogen and oxygen atoms in total. The number of aromatic nitrogens is 3. The van der Waals surface area contributed by atoms with Gasteiger partial charge in [0.25, 0.3) is 0 Å². The second-order valence-electron chi connectivity index (χ2n) is 10.8. The van der Waals surface area contributed by atoms with Crippen molar-refractivity contribution in [1.82, 2.24) is 14.8 Å². The molecule has 1 saturated heterocycles. The van der Waals surface area contributed by atoms with Gasteiger partial charge in [0, 0.05) is 52.9 Å². The monoisotopic (exact) mass is 581 g/mol. The second kappa shape index (κ2) is 8.74. The molecule has 4 aromatic rings. The third kappa shape index (κ3) is 3.51. The zero-order chi connectivity index (χ0) is 26.2. The van der Waals surface area contributed by atoms with E-state index in [1.165, 1.54) is 24.8 Å². The van der Waals surface area contributed by atoms with Crippen LogP contribution in [0.3, 0.4) is 0 Å². The van der Waals surface area contributed by atoms with E-state index in [-0.39, 0.29) is 23.2 Å². The van der Waals surface area contributed by atoms with Gasteiger partial charge in [0.15, 0.2) is 11.6 Å². The molecule has 0 unspecified atom stereocenters. The zero-order valence-electron chi connectivity index (χ0n) is 20.8. The smallest absolute Gasteiger partial charge is 0.308 e. The molecule has 3 heterocycles. The summed E-state index contributed by atoms with van der Waals surface area (Å²) in [5.74, 6) is -1.75. The summed E-state index contributed by atoms with van der Waals surface area (Å²) in [7, 11) is 1.44. The van der Waals surface area contributed by atoms with Crippen LogP contribution in [-0.2, 0) is 14.3 Å². The fourth-order valence-electron chi connectivity index (χ4n) is 6.80. The topological polar surface area (TPSA) is 69.1 Å². The largest absolute Gasteiger partial charge is 0.469 e. The van der Waals surface area contributed by atoms with Gasteiger partial charge in [0.1, 0.15) is 0 Å². The number of rotatable bonds is 4. The Kier molecular flexibility index (Phi) is 5.53. The lowest BCUT2D eigenvalue weighted by Crippen LogP contribution is -2.44. The Hall–Kier alpha value is -3.04. The number of methoxy groups -OCH3 is 1. The molecule has 0 atom stereocenters. The number of hydrogen-bond acceptors (Lipinski definition) is 4. The van der Waals surface area contributed by atoms with Gasteiger partial charge < -0.3 is 14.0 Å². The molecule has 1 saturated carbocycles. The molecule has 7 rings (SSSR count). The van der Waals surface area contributed by atoms with Crippen LogP contribution in [-0.4, -0.2) is 41.1 Å². The Labute approximate surface area is 226 Å². The number of benzene rings is 2. The Balaban J connectivity index is 1.48. The molecular weight excluding hydrogens is 556 g/mol. The van der Waals surface area contributed by atoms with Crippen molar-refractivity contribution in [2.24, 2.45) is 11.3 Å². The highest BCUT2D eigenvalue weighted by Crippen LogP contribution is 2.61. The molecule has 0 amide bonds. The van der Waals surface area contributed by atoms with Crippen LogP contribution in [0, 0.1) is 23.0 Å². The third-order valence-corrected chi connectivity index (χ3v) is 9.39. The maximum Gasteiger partial charge on any atom is 0.308 e. The fraction of sp³-hybridized carbons (Fsp3) is 0.379. The molecule has 0 radical (unpaired) electrons. The minimum absolute atomic E-state index is 0.0160. The quantitative estimate of drug-likeness (QED) is 0.269. The molecule has 196 valence electrons. The summed E-state index contributed by atoms with van der Waals surface area (Å²) in [4.78, 5) is 12.0. The molecule has 2 aromatic heterocycles. The van der Waals surface area contributed by atoms with Gasteiger partial charge in [-0.1, -0.05) is 6.08 Å². The Morgan fingerprint density at radius 3 is 2.68 bits per heavy atom. The Bertz CT molecular complexity index is 1640. The summed E-state index contributed by atoms with van der Waals surface area (Å²) in [6.45, 7) is 1.30. The molecule has 2 aromatic carbocycles. The van der Waals surface area contributed by atoms with Gasteiger partial charge in [-0.15, -0.1) is 0 Å². The van der Waals surface area contributed by atoms with Crippen LogP contribution < -0.4 is 0 Å². The van der Waals surface area contributed by atoms with Crippen LogP contribution in [0.15, 0.2) is 41.0 Å². The van der Waals surface area contributed by atoms with Crippen molar-refractivity contribution >= 4 is 49.3 Å². The van der Waals surface area contributed by atoms with Gasteiger partial charge in [-0.2, -0.15) is 5.10 Å². The average molecular weight is 582 g/mol. The van der Waals surface area contributed by atoms with Crippen LogP contribution in [0.25, 0.3) is 33.1 Å². The molecule has 2 aliphatic carbocycles. The lowest BCUT2D eigenvalue weighted by Gasteiger charge is -2.51. The summed E-state index contributed by atoms with van der Waals surface area (Å²) in [6, 6.07) is 6.17. The first-order valence-corrected chi connectivity index (χ1v) is 13.7. The number of allylic oxidation sites excluding steroid dienone is 2. The molecule has 0 bridgehead atoms. The van der Waals surface area contributed by atoms with E-state index >= 15 is 0 Å². The van der Waals surface area contributed by atoms with Crippen molar-refractivity contribution in [2.75, 3.05) is 20.3 Å². The first kappa shape index (κ1) is 24.0. The van der Waals surface area contributed by atoms with Crippen LogP contribution >= 0.6 is 15.9 Å². The van der Waals surface area contributed by atoms with E-state index in [0.717, 1.165) is 69.6 Å². The van der Waals surface area contributed by atoms with Gasteiger partial charge in [0.05, 0.1) is 34.7 Å². The van der Waals surface area contributed by atoms with Gasteiger partial charge in [-0.3, -0.25) is 9.89 Å². The molecule has 2 fully saturated rings. The maximum atomic E-state index is 14.6. The van der Waals surface area contributed by atoms with Crippen molar-refractivity contribution in [3.63, 3.8) is 0 Å². The van der Waals surface area contributed by atoms with E-state index in [2.05, 4.69) is 42.8 Å². The van der Waals surface area contributed by atoms with E-state index in [4.69, 9.17) is 9.47 Å². The number of H-pyrrole nitrogens is 1. The summed E-state index contributed by atoms with van der Waals surface area (Å²) in [6.07, 6.45) is 8.23. The lowest BCUT2D eigenvalue weighted by molar-refractivity contribution is -0.152. The number of carbonyl (C=O) groups is 1. The first-order valence-electron chi connectivity index (χ1n) is 12.9. The number of aromatic amines is 1. The van der Waals surface area contributed by atoms with E-state index in [9.17, 15) is 13.6 Å². The highest BCUT2D eigenvalue weighted by atomic mass is 79.9. The Morgan fingerprint density at radius 2 is 1.97 bits per heavy atom. The van der Waals surface area contributed by atoms with E-state index in [1.54, 1.807) is 12.3 Å². The number of carbonyl (C=O) groups excluding carboxylic acids is 1. The SMILES string of the molecule is COC(=O)C1CC2(C=C(c3c(C4CCOCC4)n(-c4ccc(F)c(F)c4)c4cc5cn[nH]c5c(Br)c34)C2)C1. The normalized spacial score (nSPS) is 23.5. The number of nitrogens with zero attached hydrogens (tertiary/aromatic N) is 2. The van der Waals surface area contributed by atoms with Crippen LogP contribution in [0.1, 0.15) is 49.3 Å². The summed E-state index contributed by atoms with van der Waals surface area (Å²) in [5, 5.41) is 9.30. The summed E-state index contributed by atoms with van der Waals surface area (Å²) < 4.78 is 42.2. The van der Waals surface area contributed by atoms with Crippen LogP contribution in [0.4, 0.5) is 8.78 Å². The van der Waals surface area contributed by atoms with Crippen molar-refractivity contribution in [3.8, 4) is 5.69 Å².